The maximum atomic E-state index is 13.1. The van der Waals surface area contributed by atoms with Crippen molar-refractivity contribution in [2.75, 3.05) is 0 Å². The maximum absolute atomic E-state index is 13.1. The number of nitrogens with zero attached hydrogens (tertiary/aromatic N) is 2. The molecule has 1 fully saturated rings. The summed E-state index contributed by atoms with van der Waals surface area (Å²) in [5.74, 6) is 0.156. The Hall–Kier alpha value is -1.71. The number of imidazole rings is 1. The summed E-state index contributed by atoms with van der Waals surface area (Å²) in [6.07, 6.45) is 6.87. The second-order valence-electron chi connectivity index (χ2n) is 4.75. The Kier molecular flexibility index (Phi) is 2.86. The predicted molar refractivity (Wildman–Crippen MR) is 64.3 cm³/mol. The third-order valence-corrected chi connectivity index (χ3v) is 3.32. The summed E-state index contributed by atoms with van der Waals surface area (Å²) in [6.45, 7) is 0.761. The average molecular weight is 248 g/mol. The Balaban J connectivity index is 1.69. The topological polar surface area (TPSA) is 17.8 Å². The molecule has 1 aliphatic rings. The molecule has 0 bridgehead atoms. The molecule has 18 heavy (non-hydrogen) atoms. The van der Waals surface area contributed by atoms with E-state index < -0.39 is 11.6 Å². The lowest BCUT2D eigenvalue weighted by Gasteiger charge is -2.07. The minimum absolute atomic E-state index is 0.602. The monoisotopic (exact) mass is 248 g/mol. The molecule has 0 aliphatic heterocycles. The highest BCUT2D eigenvalue weighted by Crippen LogP contribution is 2.38. The van der Waals surface area contributed by atoms with Crippen LogP contribution in [0.2, 0.25) is 0 Å². The molecule has 0 N–H and O–H groups in total. The molecular weight excluding hydrogens is 234 g/mol. The lowest BCUT2D eigenvalue weighted by atomic mass is 10.1. The molecule has 0 unspecified atom stereocenters. The van der Waals surface area contributed by atoms with Crippen LogP contribution in [0.3, 0.4) is 0 Å². The Morgan fingerprint density at radius 1 is 1.22 bits per heavy atom. The van der Waals surface area contributed by atoms with Crippen molar-refractivity contribution in [1.29, 1.82) is 0 Å². The molecule has 2 nitrogen and oxygen atoms in total. The number of aryl methyl sites for hydroxylation is 2. The fraction of sp³-hybridized carbons (Fsp3) is 0.357. The summed E-state index contributed by atoms with van der Waals surface area (Å²) in [5, 5.41) is 0. The van der Waals surface area contributed by atoms with E-state index in [1.54, 1.807) is 12.3 Å². The Labute approximate surface area is 104 Å². The van der Waals surface area contributed by atoms with Gasteiger partial charge in [-0.3, -0.25) is 0 Å². The maximum Gasteiger partial charge on any atom is 0.159 e. The highest BCUT2D eigenvalue weighted by atomic mass is 19.2. The highest BCUT2D eigenvalue weighted by molar-refractivity contribution is 5.18. The van der Waals surface area contributed by atoms with Crippen LogP contribution in [0.15, 0.2) is 30.6 Å². The van der Waals surface area contributed by atoms with Crippen LogP contribution in [0.25, 0.3) is 0 Å². The van der Waals surface area contributed by atoms with Crippen LogP contribution < -0.4 is 0 Å². The van der Waals surface area contributed by atoms with Crippen LogP contribution >= 0.6 is 0 Å². The van der Waals surface area contributed by atoms with Crippen LogP contribution in [-0.4, -0.2) is 9.55 Å². The van der Waals surface area contributed by atoms with E-state index in [2.05, 4.69) is 9.55 Å². The number of benzene rings is 1. The zero-order valence-electron chi connectivity index (χ0n) is 9.94. The van der Waals surface area contributed by atoms with Crippen molar-refractivity contribution in [3.05, 3.63) is 53.6 Å². The third kappa shape index (κ3) is 2.28. The van der Waals surface area contributed by atoms with Crippen LogP contribution in [0.4, 0.5) is 8.78 Å². The molecule has 0 saturated heterocycles. The molecule has 2 aromatic rings. The SMILES string of the molecule is Fc1ccc(CCn2ccnc2C2CC2)cc1F. The molecular formula is C14H14F2N2. The second-order valence-corrected chi connectivity index (χ2v) is 4.75. The minimum atomic E-state index is -0.792. The Morgan fingerprint density at radius 2 is 2.06 bits per heavy atom. The summed E-state index contributed by atoms with van der Waals surface area (Å²) in [4.78, 5) is 4.35. The molecule has 0 radical (unpaired) electrons. The number of hydrogen-bond acceptors (Lipinski definition) is 1. The first-order valence-electron chi connectivity index (χ1n) is 6.19. The smallest absolute Gasteiger partial charge is 0.159 e. The molecule has 1 aliphatic carbocycles. The summed E-state index contributed by atoms with van der Waals surface area (Å²) >= 11 is 0. The first kappa shape index (κ1) is 11.4. The highest BCUT2D eigenvalue weighted by Gasteiger charge is 2.27. The summed E-state index contributed by atoms with van der Waals surface area (Å²) in [5.41, 5.74) is 0.810. The van der Waals surface area contributed by atoms with Crippen molar-refractivity contribution in [3.8, 4) is 0 Å². The molecule has 0 atom stereocenters. The van der Waals surface area contributed by atoms with Gasteiger partial charge in [0, 0.05) is 24.9 Å². The molecule has 94 valence electrons. The molecule has 4 heteroatoms. The average Bonchev–Trinajstić information content (AvgIpc) is 3.10. The molecule has 3 rings (SSSR count). The third-order valence-electron chi connectivity index (χ3n) is 3.32. The number of halogens is 2. The van der Waals surface area contributed by atoms with Crippen molar-refractivity contribution in [3.63, 3.8) is 0 Å². The molecule has 1 saturated carbocycles. The van der Waals surface area contributed by atoms with Gasteiger partial charge in [-0.2, -0.15) is 0 Å². The molecule has 1 heterocycles. The number of hydrogen-bond donors (Lipinski definition) is 0. The Bertz CT molecular complexity index is 559. The lowest BCUT2D eigenvalue weighted by Crippen LogP contribution is -2.05. The van der Waals surface area contributed by atoms with Gasteiger partial charge >= 0.3 is 0 Å². The first-order valence-corrected chi connectivity index (χ1v) is 6.19. The number of aromatic nitrogens is 2. The lowest BCUT2D eigenvalue weighted by molar-refractivity contribution is 0.506. The van der Waals surface area contributed by atoms with E-state index in [1.165, 1.54) is 25.0 Å². The van der Waals surface area contributed by atoms with E-state index in [-0.39, 0.29) is 0 Å². The molecule has 1 aromatic heterocycles. The van der Waals surface area contributed by atoms with E-state index >= 15 is 0 Å². The van der Waals surface area contributed by atoms with Crippen LogP contribution in [0.5, 0.6) is 0 Å². The standard InChI is InChI=1S/C14H14F2N2/c15-12-4-1-10(9-13(12)16)5-7-18-8-6-17-14(18)11-2-3-11/h1,4,6,8-9,11H,2-3,5,7H2. The van der Waals surface area contributed by atoms with Gasteiger partial charge in [-0.25, -0.2) is 13.8 Å². The quantitative estimate of drug-likeness (QED) is 0.812. The summed E-state index contributed by atoms with van der Waals surface area (Å²) in [6, 6.07) is 4.08. The largest absolute Gasteiger partial charge is 0.334 e. The van der Waals surface area contributed by atoms with Gasteiger partial charge in [-0.15, -0.1) is 0 Å². The summed E-state index contributed by atoms with van der Waals surface area (Å²) < 4.78 is 28.0. The summed E-state index contributed by atoms with van der Waals surface area (Å²) in [7, 11) is 0. The van der Waals surface area contributed by atoms with E-state index in [9.17, 15) is 8.78 Å². The van der Waals surface area contributed by atoms with Gasteiger partial charge in [0.1, 0.15) is 5.82 Å². The van der Waals surface area contributed by atoms with Gasteiger partial charge < -0.3 is 4.57 Å². The van der Waals surface area contributed by atoms with Gasteiger partial charge in [0.2, 0.25) is 0 Å². The van der Waals surface area contributed by atoms with Crippen LogP contribution in [0.1, 0.15) is 30.1 Å². The van der Waals surface area contributed by atoms with Gasteiger partial charge in [0.15, 0.2) is 11.6 Å². The zero-order valence-corrected chi connectivity index (χ0v) is 9.94. The second kappa shape index (κ2) is 4.52. The normalized spacial score (nSPS) is 15.0. The minimum Gasteiger partial charge on any atom is -0.334 e. The van der Waals surface area contributed by atoms with Crippen molar-refractivity contribution in [1.82, 2.24) is 9.55 Å². The van der Waals surface area contributed by atoms with E-state index in [4.69, 9.17) is 0 Å². The van der Waals surface area contributed by atoms with Crippen molar-refractivity contribution in [2.45, 2.75) is 31.7 Å². The van der Waals surface area contributed by atoms with E-state index in [1.807, 2.05) is 6.20 Å². The molecule has 1 aromatic carbocycles. The van der Waals surface area contributed by atoms with Crippen molar-refractivity contribution < 1.29 is 8.78 Å². The van der Waals surface area contributed by atoms with E-state index in [0.717, 1.165) is 17.9 Å². The predicted octanol–water partition coefficient (Wildman–Crippen LogP) is 3.28. The van der Waals surface area contributed by atoms with Crippen molar-refractivity contribution in [2.24, 2.45) is 0 Å². The molecule has 0 amide bonds. The van der Waals surface area contributed by atoms with Gasteiger partial charge in [0.05, 0.1) is 0 Å². The Morgan fingerprint density at radius 3 is 2.78 bits per heavy atom. The zero-order chi connectivity index (χ0) is 12.5. The van der Waals surface area contributed by atoms with Gasteiger partial charge in [0.25, 0.3) is 0 Å². The number of rotatable bonds is 4. The van der Waals surface area contributed by atoms with Crippen LogP contribution in [-0.2, 0) is 13.0 Å². The first-order chi connectivity index (χ1) is 8.74. The van der Waals surface area contributed by atoms with Gasteiger partial charge in [-0.1, -0.05) is 6.07 Å². The van der Waals surface area contributed by atoms with Crippen LogP contribution in [0, 0.1) is 11.6 Å². The molecule has 0 spiro atoms. The fourth-order valence-electron chi connectivity index (χ4n) is 2.16. The van der Waals surface area contributed by atoms with E-state index in [0.29, 0.717) is 12.3 Å². The fourth-order valence-corrected chi connectivity index (χ4v) is 2.16. The van der Waals surface area contributed by atoms with Crippen molar-refractivity contribution >= 4 is 0 Å². The van der Waals surface area contributed by atoms with Gasteiger partial charge in [-0.05, 0) is 37.0 Å².